The van der Waals surface area contributed by atoms with Crippen LogP contribution in [0.1, 0.15) is 29.8 Å². The first-order valence-electron chi connectivity index (χ1n) is 8.45. The van der Waals surface area contributed by atoms with Crippen LogP contribution in [0.2, 0.25) is 5.02 Å². The zero-order chi connectivity index (χ0) is 18.7. The molecule has 2 atom stereocenters. The summed E-state index contributed by atoms with van der Waals surface area (Å²) in [6, 6.07) is 6.46. The molecular weight excluding hydrogens is 356 g/mol. The lowest BCUT2D eigenvalue weighted by Gasteiger charge is -2.32. The number of hydrogen-bond acceptors (Lipinski definition) is 4. The molecule has 1 aromatic heterocycles. The Labute approximate surface area is 156 Å². The number of hydrogen-bond donors (Lipinski definition) is 2. The Balaban J connectivity index is 1.74. The molecule has 3 rings (SSSR count). The summed E-state index contributed by atoms with van der Waals surface area (Å²) in [5.74, 6) is -0.586. The molecule has 1 saturated heterocycles. The first-order chi connectivity index (χ1) is 12.5. The summed E-state index contributed by atoms with van der Waals surface area (Å²) in [4.78, 5) is 24.5. The standard InChI is InChI=1S/C18H21ClN4O3/c1-3-23-9-12(11(2)22-23)8-20-18(25)17-16(21-15(24)10-26-17)13-6-4-5-7-14(13)19/h4-7,9,16-17H,3,8,10H2,1-2H3,(H,20,25)(H,21,24). The van der Waals surface area contributed by atoms with Crippen LogP contribution >= 0.6 is 11.6 Å². The van der Waals surface area contributed by atoms with Crippen LogP contribution in [0.15, 0.2) is 30.5 Å². The maximum absolute atomic E-state index is 12.7. The van der Waals surface area contributed by atoms with Crippen molar-refractivity contribution in [2.75, 3.05) is 6.61 Å². The number of carbonyl (C=O) groups is 2. The molecule has 0 saturated carbocycles. The molecule has 2 aromatic rings. The summed E-state index contributed by atoms with van der Waals surface area (Å²) in [7, 11) is 0. The minimum absolute atomic E-state index is 0.161. The molecule has 1 aliphatic rings. The van der Waals surface area contributed by atoms with Gasteiger partial charge in [0.05, 0.1) is 11.7 Å². The van der Waals surface area contributed by atoms with E-state index in [2.05, 4.69) is 15.7 Å². The molecule has 1 fully saturated rings. The molecule has 1 aliphatic heterocycles. The van der Waals surface area contributed by atoms with Crippen molar-refractivity contribution < 1.29 is 14.3 Å². The highest BCUT2D eigenvalue weighted by Crippen LogP contribution is 2.28. The van der Waals surface area contributed by atoms with Gasteiger partial charge in [0.1, 0.15) is 6.61 Å². The smallest absolute Gasteiger partial charge is 0.251 e. The summed E-state index contributed by atoms with van der Waals surface area (Å²) in [5, 5.41) is 10.5. The van der Waals surface area contributed by atoms with E-state index in [0.29, 0.717) is 17.1 Å². The summed E-state index contributed by atoms with van der Waals surface area (Å²) >= 11 is 6.24. The Hall–Kier alpha value is -2.38. The lowest BCUT2D eigenvalue weighted by molar-refractivity contribution is -0.148. The Morgan fingerprint density at radius 3 is 2.92 bits per heavy atom. The van der Waals surface area contributed by atoms with E-state index in [1.54, 1.807) is 24.3 Å². The van der Waals surface area contributed by atoms with Gasteiger partial charge in [-0.1, -0.05) is 29.8 Å². The summed E-state index contributed by atoms with van der Waals surface area (Å²) in [6.07, 6.45) is 1.05. The van der Waals surface area contributed by atoms with E-state index >= 15 is 0 Å². The van der Waals surface area contributed by atoms with Gasteiger partial charge in [-0.25, -0.2) is 0 Å². The molecule has 26 heavy (non-hydrogen) atoms. The van der Waals surface area contributed by atoms with Crippen LogP contribution in [-0.2, 0) is 27.4 Å². The van der Waals surface area contributed by atoms with Gasteiger partial charge in [0.25, 0.3) is 5.91 Å². The van der Waals surface area contributed by atoms with Gasteiger partial charge in [0, 0.05) is 29.9 Å². The molecule has 2 heterocycles. The first kappa shape index (κ1) is 18.4. The Morgan fingerprint density at radius 2 is 2.23 bits per heavy atom. The van der Waals surface area contributed by atoms with E-state index in [0.717, 1.165) is 17.8 Å². The number of carbonyl (C=O) groups excluding carboxylic acids is 2. The summed E-state index contributed by atoms with van der Waals surface area (Å²) < 4.78 is 7.34. The maximum Gasteiger partial charge on any atom is 0.251 e. The SMILES string of the molecule is CCn1cc(CNC(=O)C2OCC(=O)NC2c2ccccc2Cl)c(C)n1. The molecule has 7 nitrogen and oxygen atoms in total. The van der Waals surface area contributed by atoms with E-state index in [1.807, 2.05) is 24.7 Å². The number of nitrogens with one attached hydrogen (secondary N) is 2. The molecule has 0 aliphatic carbocycles. The second-order valence-corrected chi connectivity index (χ2v) is 6.52. The lowest BCUT2D eigenvalue weighted by Crippen LogP contribution is -2.52. The molecule has 0 spiro atoms. The predicted molar refractivity (Wildman–Crippen MR) is 96.6 cm³/mol. The van der Waals surface area contributed by atoms with Crippen molar-refractivity contribution in [2.24, 2.45) is 0 Å². The minimum atomic E-state index is -0.853. The van der Waals surface area contributed by atoms with E-state index in [4.69, 9.17) is 16.3 Å². The Bertz CT molecular complexity index is 821. The van der Waals surface area contributed by atoms with E-state index in [9.17, 15) is 9.59 Å². The normalized spacial score (nSPS) is 19.9. The van der Waals surface area contributed by atoms with Gasteiger partial charge >= 0.3 is 0 Å². The van der Waals surface area contributed by atoms with E-state index in [1.165, 1.54) is 0 Å². The van der Waals surface area contributed by atoms with Crippen LogP contribution in [0.3, 0.4) is 0 Å². The Kier molecular flexibility index (Phi) is 5.58. The van der Waals surface area contributed by atoms with Crippen molar-refractivity contribution >= 4 is 23.4 Å². The van der Waals surface area contributed by atoms with Crippen molar-refractivity contribution in [3.05, 3.63) is 52.3 Å². The molecule has 2 unspecified atom stereocenters. The second kappa shape index (κ2) is 7.88. The van der Waals surface area contributed by atoms with Crippen molar-refractivity contribution in [1.29, 1.82) is 0 Å². The third kappa shape index (κ3) is 3.89. The number of nitrogens with zero attached hydrogens (tertiary/aromatic N) is 2. The average molecular weight is 377 g/mol. The predicted octanol–water partition coefficient (Wildman–Crippen LogP) is 1.74. The van der Waals surface area contributed by atoms with Crippen LogP contribution in [0.25, 0.3) is 0 Å². The van der Waals surface area contributed by atoms with Crippen LogP contribution in [0.5, 0.6) is 0 Å². The number of benzene rings is 1. The fraction of sp³-hybridized carbons (Fsp3) is 0.389. The molecule has 138 valence electrons. The van der Waals surface area contributed by atoms with Gasteiger partial charge in [-0.3, -0.25) is 14.3 Å². The van der Waals surface area contributed by atoms with Gasteiger partial charge in [0.2, 0.25) is 5.91 Å². The minimum Gasteiger partial charge on any atom is -0.356 e. The number of halogens is 1. The van der Waals surface area contributed by atoms with Gasteiger partial charge in [0.15, 0.2) is 6.10 Å². The third-order valence-electron chi connectivity index (χ3n) is 4.34. The molecule has 0 bridgehead atoms. The average Bonchev–Trinajstić information content (AvgIpc) is 3.00. The maximum atomic E-state index is 12.7. The lowest BCUT2D eigenvalue weighted by atomic mass is 9.99. The van der Waals surface area contributed by atoms with Crippen molar-refractivity contribution in [2.45, 2.75) is 39.1 Å². The summed E-state index contributed by atoms with van der Waals surface area (Å²) in [5.41, 5.74) is 2.46. The number of morpholine rings is 1. The van der Waals surface area contributed by atoms with Crippen LogP contribution < -0.4 is 10.6 Å². The van der Waals surface area contributed by atoms with E-state index < -0.39 is 12.1 Å². The third-order valence-corrected chi connectivity index (χ3v) is 4.68. The molecule has 2 amide bonds. The van der Waals surface area contributed by atoms with Crippen molar-refractivity contribution in [3.8, 4) is 0 Å². The molecule has 1 aromatic carbocycles. The van der Waals surface area contributed by atoms with Crippen LogP contribution in [0, 0.1) is 6.92 Å². The molecule has 8 heteroatoms. The zero-order valence-electron chi connectivity index (χ0n) is 14.7. The fourth-order valence-corrected chi connectivity index (χ4v) is 3.18. The fourth-order valence-electron chi connectivity index (χ4n) is 2.93. The second-order valence-electron chi connectivity index (χ2n) is 6.11. The summed E-state index contributed by atoms with van der Waals surface area (Å²) in [6.45, 7) is 4.85. The molecule has 0 radical (unpaired) electrons. The Morgan fingerprint density at radius 1 is 1.46 bits per heavy atom. The number of amides is 2. The zero-order valence-corrected chi connectivity index (χ0v) is 15.4. The highest BCUT2D eigenvalue weighted by Gasteiger charge is 2.36. The van der Waals surface area contributed by atoms with Crippen LogP contribution in [-0.4, -0.2) is 34.3 Å². The monoisotopic (exact) mass is 376 g/mol. The molecular formula is C18H21ClN4O3. The van der Waals surface area contributed by atoms with Crippen molar-refractivity contribution in [3.63, 3.8) is 0 Å². The first-order valence-corrected chi connectivity index (χ1v) is 8.83. The van der Waals surface area contributed by atoms with Gasteiger partial charge in [-0.2, -0.15) is 5.10 Å². The number of rotatable bonds is 5. The van der Waals surface area contributed by atoms with Crippen molar-refractivity contribution in [1.82, 2.24) is 20.4 Å². The van der Waals surface area contributed by atoms with Gasteiger partial charge < -0.3 is 15.4 Å². The largest absolute Gasteiger partial charge is 0.356 e. The van der Waals surface area contributed by atoms with Gasteiger partial charge in [-0.15, -0.1) is 0 Å². The number of ether oxygens (including phenoxy) is 1. The van der Waals surface area contributed by atoms with Gasteiger partial charge in [-0.05, 0) is 25.5 Å². The molecule has 2 N–H and O–H groups in total. The number of aryl methyl sites for hydroxylation is 2. The highest BCUT2D eigenvalue weighted by atomic mass is 35.5. The van der Waals surface area contributed by atoms with Crippen LogP contribution in [0.4, 0.5) is 0 Å². The topological polar surface area (TPSA) is 85.2 Å². The number of aromatic nitrogens is 2. The van der Waals surface area contributed by atoms with E-state index in [-0.39, 0.29) is 18.4 Å². The quantitative estimate of drug-likeness (QED) is 0.832. The highest BCUT2D eigenvalue weighted by molar-refractivity contribution is 6.31.